The Kier molecular flexibility index (Phi) is 5.81. The Bertz CT molecular complexity index is 116. The normalized spacial score (nSPS) is 13.8. The van der Waals surface area contributed by atoms with Crippen LogP contribution in [0.1, 0.15) is 19.8 Å². The van der Waals surface area contributed by atoms with Gasteiger partial charge in [0.25, 0.3) is 0 Å². The highest BCUT2D eigenvalue weighted by molar-refractivity contribution is 6.74. The van der Waals surface area contributed by atoms with Crippen molar-refractivity contribution in [2.24, 2.45) is 0 Å². The standard InChI is InChI=1S/C8H19OSi2/c1-5-6-7-8-10-9-11(2,3)4/h8H,5-6,10H2,1-4H3. The Morgan fingerprint density at radius 1 is 1.45 bits per heavy atom. The van der Waals surface area contributed by atoms with Crippen LogP contribution in [0, 0.1) is 6.08 Å². The van der Waals surface area contributed by atoms with Crippen molar-refractivity contribution >= 4 is 18.1 Å². The van der Waals surface area contributed by atoms with Gasteiger partial charge in [-0.15, -0.1) is 0 Å². The average Bonchev–Trinajstić information content (AvgIpc) is 1.85. The Balaban J connectivity index is 3.27. The van der Waals surface area contributed by atoms with E-state index in [1.165, 1.54) is 6.42 Å². The van der Waals surface area contributed by atoms with Crippen LogP contribution in [-0.4, -0.2) is 18.1 Å². The molecular weight excluding hydrogens is 168 g/mol. The van der Waals surface area contributed by atoms with E-state index >= 15 is 0 Å². The van der Waals surface area contributed by atoms with Gasteiger partial charge in [0.15, 0.2) is 18.1 Å². The van der Waals surface area contributed by atoms with Gasteiger partial charge in [-0.05, 0) is 26.1 Å². The van der Waals surface area contributed by atoms with Gasteiger partial charge in [-0.3, -0.25) is 0 Å². The van der Waals surface area contributed by atoms with Gasteiger partial charge >= 0.3 is 0 Å². The van der Waals surface area contributed by atoms with Crippen LogP contribution in [-0.2, 0) is 4.12 Å². The average molecular weight is 187 g/mol. The molecule has 0 N–H and O–H groups in total. The molecule has 0 unspecified atom stereocenters. The van der Waals surface area contributed by atoms with Crippen LogP contribution in [0.3, 0.4) is 0 Å². The van der Waals surface area contributed by atoms with Gasteiger partial charge in [-0.2, -0.15) is 0 Å². The molecule has 0 saturated carbocycles. The van der Waals surface area contributed by atoms with Gasteiger partial charge in [-0.25, -0.2) is 0 Å². The second-order valence-corrected chi connectivity index (χ2v) is 9.70. The summed E-state index contributed by atoms with van der Waals surface area (Å²) in [7, 11) is -1.61. The molecule has 0 amide bonds. The maximum atomic E-state index is 5.74. The number of allylic oxidation sites excluding steroid dienone is 1. The smallest absolute Gasteiger partial charge is 0.171 e. The van der Waals surface area contributed by atoms with Crippen molar-refractivity contribution in [3.8, 4) is 0 Å². The fourth-order valence-electron chi connectivity index (χ4n) is 0.597. The summed E-state index contributed by atoms with van der Waals surface area (Å²) < 4.78 is 5.74. The Morgan fingerprint density at radius 3 is 2.55 bits per heavy atom. The summed E-state index contributed by atoms with van der Waals surface area (Å²) in [6, 6.07) is 0. The van der Waals surface area contributed by atoms with E-state index in [1.807, 2.05) is 0 Å². The van der Waals surface area contributed by atoms with Gasteiger partial charge < -0.3 is 4.12 Å². The summed E-state index contributed by atoms with van der Waals surface area (Å²) in [6.07, 6.45) is 5.52. The molecule has 0 aliphatic rings. The van der Waals surface area contributed by atoms with E-state index in [4.69, 9.17) is 4.12 Å². The molecule has 3 heteroatoms. The molecule has 0 aromatic heterocycles. The highest BCUT2D eigenvalue weighted by Gasteiger charge is 2.11. The van der Waals surface area contributed by atoms with Crippen LogP contribution in [0.4, 0.5) is 0 Å². The van der Waals surface area contributed by atoms with Gasteiger partial charge in [0, 0.05) is 0 Å². The Hall–Kier alpha value is 0.134. The lowest BCUT2D eigenvalue weighted by atomic mass is 10.3. The number of hydrogen-bond donors (Lipinski definition) is 0. The molecule has 1 nitrogen and oxygen atoms in total. The van der Waals surface area contributed by atoms with Crippen LogP contribution in [0.5, 0.6) is 0 Å². The largest absolute Gasteiger partial charge is 0.457 e. The predicted octanol–water partition coefficient (Wildman–Crippen LogP) is 2.04. The van der Waals surface area contributed by atoms with Crippen molar-refractivity contribution in [1.82, 2.24) is 0 Å². The van der Waals surface area contributed by atoms with E-state index in [2.05, 4.69) is 38.3 Å². The first kappa shape index (κ1) is 11.1. The molecule has 0 atom stereocenters. The van der Waals surface area contributed by atoms with E-state index < -0.39 is 8.32 Å². The first-order valence-corrected chi connectivity index (χ1v) is 9.05. The molecule has 0 spiro atoms. The van der Waals surface area contributed by atoms with E-state index in [1.54, 1.807) is 0 Å². The molecule has 65 valence electrons. The predicted molar refractivity (Wildman–Crippen MR) is 55.7 cm³/mol. The SMILES string of the molecule is CCC/[C]=C/[SiH2]O[Si](C)(C)C. The van der Waals surface area contributed by atoms with Crippen molar-refractivity contribution in [2.75, 3.05) is 0 Å². The van der Waals surface area contributed by atoms with Gasteiger partial charge in [0.1, 0.15) is 0 Å². The molecule has 0 aromatic carbocycles. The van der Waals surface area contributed by atoms with Gasteiger partial charge in [0.2, 0.25) is 0 Å². The lowest BCUT2D eigenvalue weighted by Crippen LogP contribution is -2.26. The first-order valence-electron chi connectivity index (χ1n) is 4.25. The second kappa shape index (κ2) is 5.74. The summed E-state index contributed by atoms with van der Waals surface area (Å²) >= 11 is 0. The monoisotopic (exact) mass is 187 g/mol. The molecule has 1 radical (unpaired) electrons. The van der Waals surface area contributed by atoms with Crippen molar-refractivity contribution < 1.29 is 4.12 Å². The molecule has 0 bridgehead atoms. The molecule has 0 aliphatic carbocycles. The minimum Gasteiger partial charge on any atom is -0.457 e. The van der Waals surface area contributed by atoms with Crippen LogP contribution in [0.2, 0.25) is 19.6 Å². The van der Waals surface area contributed by atoms with Crippen molar-refractivity contribution in [3.05, 3.63) is 11.8 Å². The molecule has 0 heterocycles. The van der Waals surface area contributed by atoms with E-state index in [0.717, 1.165) is 6.42 Å². The fourth-order valence-corrected chi connectivity index (χ4v) is 3.25. The Labute approximate surface area is 73.9 Å². The van der Waals surface area contributed by atoms with Crippen molar-refractivity contribution in [3.63, 3.8) is 0 Å². The summed E-state index contributed by atoms with van der Waals surface area (Å²) in [6.45, 7) is 8.86. The maximum Gasteiger partial charge on any atom is 0.171 e. The molecule has 0 rings (SSSR count). The zero-order valence-electron chi connectivity index (χ0n) is 8.11. The zero-order valence-corrected chi connectivity index (χ0v) is 10.5. The zero-order chi connectivity index (χ0) is 8.74. The summed E-state index contributed by atoms with van der Waals surface area (Å²) in [5.41, 5.74) is 2.14. The van der Waals surface area contributed by atoms with Gasteiger partial charge in [-0.1, -0.05) is 25.1 Å². The Morgan fingerprint density at radius 2 is 2.09 bits per heavy atom. The van der Waals surface area contributed by atoms with Crippen LogP contribution >= 0.6 is 0 Å². The van der Waals surface area contributed by atoms with Gasteiger partial charge in [0.05, 0.1) is 0 Å². The third-order valence-corrected chi connectivity index (χ3v) is 5.72. The molecular formula is C8H19OSi2. The first-order chi connectivity index (χ1) is 5.06. The van der Waals surface area contributed by atoms with Crippen molar-refractivity contribution in [1.29, 1.82) is 0 Å². The highest BCUT2D eigenvalue weighted by atomic mass is 28.4. The number of rotatable bonds is 5. The number of unbranched alkanes of at least 4 members (excludes halogenated alkanes) is 1. The topological polar surface area (TPSA) is 9.23 Å². The summed E-state index contributed by atoms with van der Waals surface area (Å²) in [5.74, 6) is 0. The lowest BCUT2D eigenvalue weighted by molar-refractivity contribution is 0.607. The maximum absolute atomic E-state index is 5.74. The van der Waals surface area contributed by atoms with E-state index in [0.29, 0.717) is 0 Å². The minimum atomic E-state index is -1.23. The van der Waals surface area contributed by atoms with Crippen LogP contribution < -0.4 is 0 Å². The van der Waals surface area contributed by atoms with Crippen LogP contribution in [0.15, 0.2) is 5.70 Å². The lowest BCUT2D eigenvalue weighted by Gasteiger charge is -2.15. The molecule has 0 fully saturated rings. The van der Waals surface area contributed by atoms with Crippen molar-refractivity contribution in [2.45, 2.75) is 39.4 Å². The molecule has 0 aromatic rings. The fraction of sp³-hybridized carbons (Fsp3) is 0.750. The third-order valence-electron chi connectivity index (χ3n) is 1.14. The molecule has 0 saturated heterocycles. The number of hydrogen-bond acceptors (Lipinski definition) is 1. The quantitative estimate of drug-likeness (QED) is 0.599. The molecule has 11 heavy (non-hydrogen) atoms. The van der Waals surface area contributed by atoms with E-state index in [-0.39, 0.29) is 9.76 Å². The van der Waals surface area contributed by atoms with Crippen LogP contribution in [0.25, 0.3) is 0 Å². The highest BCUT2D eigenvalue weighted by Crippen LogP contribution is 2.00. The summed E-state index contributed by atoms with van der Waals surface area (Å²) in [4.78, 5) is 0. The molecule has 0 aliphatic heterocycles. The second-order valence-electron chi connectivity index (χ2n) is 3.58. The summed E-state index contributed by atoms with van der Waals surface area (Å²) in [5, 5.41) is 0. The third kappa shape index (κ3) is 10.1. The minimum absolute atomic E-state index is 0.388. The van der Waals surface area contributed by atoms with E-state index in [9.17, 15) is 0 Å².